The molecule has 1 fully saturated rings. The smallest absolute Gasteiger partial charge is 0.344 e. The summed E-state index contributed by atoms with van der Waals surface area (Å²) in [5.74, 6) is -2.34. The Morgan fingerprint density at radius 1 is 1.11 bits per heavy atom. The summed E-state index contributed by atoms with van der Waals surface area (Å²) in [5.41, 5.74) is -0.714. The highest BCUT2D eigenvalue weighted by molar-refractivity contribution is 6.99. The number of anilines is 1. The SMILES string of the molecule is CC(=O)OCC(=O)N(C[C@@H](COc1nsnc1N1CCOCC1)OC(=O)COC(=O)CCl)C(C)(C)C. The van der Waals surface area contributed by atoms with Crippen molar-refractivity contribution < 1.29 is 42.9 Å². The molecule has 0 N–H and O–H groups in total. The van der Waals surface area contributed by atoms with E-state index in [2.05, 4.69) is 8.75 Å². The van der Waals surface area contributed by atoms with E-state index in [-0.39, 0.29) is 19.0 Å². The van der Waals surface area contributed by atoms with Crippen LogP contribution in [0.5, 0.6) is 5.88 Å². The number of aromatic nitrogens is 2. The highest BCUT2D eigenvalue weighted by Gasteiger charge is 2.32. The fourth-order valence-corrected chi connectivity index (χ4v) is 3.72. The molecule has 1 amide bonds. The number of esters is 3. The number of hydrogen-bond donors (Lipinski definition) is 0. The number of halogens is 1. The lowest BCUT2D eigenvalue weighted by Crippen LogP contribution is -2.52. The van der Waals surface area contributed by atoms with Gasteiger partial charge in [-0.2, -0.15) is 4.37 Å². The molecule has 0 unspecified atom stereocenters. The summed E-state index contributed by atoms with van der Waals surface area (Å²) in [7, 11) is 0. The third-order valence-corrected chi connectivity index (χ3v) is 5.53. The zero-order valence-corrected chi connectivity index (χ0v) is 22.3. The van der Waals surface area contributed by atoms with Gasteiger partial charge in [-0.3, -0.25) is 14.4 Å². The van der Waals surface area contributed by atoms with E-state index in [1.807, 2.05) is 4.90 Å². The van der Waals surface area contributed by atoms with Crippen molar-refractivity contribution in [2.24, 2.45) is 0 Å². The first-order valence-electron chi connectivity index (χ1n) is 11.1. The van der Waals surface area contributed by atoms with E-state index in [9.17, 15) is 19.2 Å². The molecular formula is C21H31ClN4O9S. The Hall–Kier alpha value is -2.71. The van der Waals surface area contributed by atoms with Gasteiger partial charge in [0.05, 0.1) is 31.5 Å². The number of nitrogens with zero attached hydrogens (tertiary/aromatic N) is 4. The Morgan fingerprint density at radius 2 is 1.81 bits per heavy atom. The summed E-state index contributed by atoms with van der Waals surface area (Å²) in [6.07, 6.45) is -0.980. The van der Waals surface area contributed by atoms with Crippen molar-refractivity contribution in [1.82, 2.24) is 13.6 Å². The molecule has 2 rings (SSSR count). The van der Waals surface area contributed by atoms with E-state index in [4.69, 9.17) is 35.3 Å². The molecule has 1 aromatic heterocycles. The number of carbonyl (C=O) groups excluding carboxylic acids is 4. The summed E-state index contributed by atoms with van der Waals surface area (Å²) < 4.78 is 34.7. The number of alkyl halides is 1. The van der Waals surface area contributed by atoms with Crippen LogP contribution in [-0.2, 0) is 38.1 Å². The number of amides is 1. The zero-order valence-electron chi connectivity index (χ0n) is 20.7. The number of hydrogen-bond acceptors (Lipinski definition) is 13. The molecule has 36 heavy (non-hydrogen) atoms. The lowest BCUT2D eigenvalue weighted by molar-refractivity contribution is -0.165. The molecule has 0 saturated carbocycles. The first-order chi connectivity index (χ1) is 17.0. The standard InChI is InChI=1S/C21H31ClN4O9S/c1-14(27)32-12-16(28)26(21(2,3)4)10-15(35-18(30)13-33-17(29)9-22)11-34-20-19(23-36-24-20)25-5-7-31-8-6-25/h15H,5-13H2,1-4H3/t15-/m0/s1. The van der Waals surface area contributed by atoms with Gasteiger partial charge >= 0.3 is 17.9 Å². The molecular weight excluding hydrogens is 520 g/mol. The molecule has 13 nitrogen and oxygen atoms in total. The second-order valence-electron chi connectivity index (χ2n) is 8.67. The molecule has 0 spiro atoms. The number of carbonyl (C=O) groups is 4. The molecule has 1 aliphatic rings. The Bertz CT molecular complexity index is 902. The molecule has 1 atom stereocenters. The van der Waals surface area contributed by atoms with Crippen molar-refractivity contribution in [2.45, 2.75) is 39.3 Å². The van der Waals surface area contributed by atoms with Crippen molar-refractivity contribution >= 4 is 53.0 Å². The maximum atomic E-state index is 12.8. The lowest BCUT2D eigenvalue weighted by atomic mass is 10.1. The van der Waals surface area contributed by atoms with E-state index in [1.165, 1.54) is 11.8 Å². The van der Waals surface area contributed by atoms with Gasteiger partial charge in [0.1, 0.15) is 12.5 Å². The van der Waals surface area contributed by atoms with Gasteiger partial charge in [0, 0.05) is 25.6 Å². The zero-order chi connectivity index (χ0) is 26.7. The summed E-state index contributed by atoms with van der Waals surface area (Å²) in [5, 5.41) is 0. The van der Waals surface area contributed by atoms with Gasteiger partial charge in [-0.05, 0) is 20.8 Å². The normalized spacial score (nSPS) is 14.5. The van der Waals surface area contributed by atoms with E-state index in [1.54, 1.807) is 20.8 Å². The summed E-state index contributed by atoms with van der Waals surface area (Å²) in [6, 6.07) is 0. The van der Waals surface area contributed by atoms with Crippen LogP contribution in [0.15, 0.2) is 0 Å². The van der Waals surface area contributed by atoms with Crippen molar-refractivity contribution in [3.8, 4) is 5.88 Å². The first kappa shape index (κ1) is 29.5. The van der Waals surface area contributed by atoms with Gasteiger partial charge in [-0.1, -0.05) is 0 Å². The van der Waals surface area contributed by atoms with Crippen LogP contribution in [0.1, 0.15) is 27.7 Å². The Labute approximate surface area is 218 Å². The minimum atomic E-state index is -0.980. The molecule has 202 valence electrons. The van der Waals surface area contributed by atoms with Crippen LogP contribution in [0, 0.1) is 0 Å². The highest BCUT2D eigenvalue weighted by Crippen LogP contribution is 2.27. The molecule has 2 heterocycles. The maximum absolute atomic E-state index is 12.8. The molecule has 1 aliphatic heterocycles. The van der Waals surface area contributed by atoms with Crippen molar-refractivity contribution in [3.63, 3.8) is 0 Å². The summed E-state index contributed by atoms with van der Waals surface area (Å²) >= 11 is 6.36. The largest absolute Gasteiger partial charge is 0.470 e. The second-order valence-corrected chi connectivity index (χ2v) is 9.46. The monoisotopic (exact) mass is 550 g/mol. The predicted molar refractivity (Wildman–Crippen MR) is 128 cm³/mol. The molecule has 0 aromatic carbocycles. The van der Waals surface area contributed by atoms with Crippen LogP contribution in [0.3, 0.4) is 0 Å². The average molecular weight is 551 g/mol. The number of ether oxygens (including phenoxy) is 5. The Balaban J connectivity index is 2.15. The average Bonchev–Trinajstić information content (AvgIpc) is 3.31. The third-order valence-electron chi connectivity index (χ3n) is 4.81. The van der Waals surface area contributed by atoms with Gasteiger partial charge < -0.3 is 33.5 Å². The maximum Gasteiger partial charge on any atom is 0.344 e. The summed E-state index contributed by atoms with van der Waals surface area (Å²) in [6.45, 7) is 7.47. The van der Waals surface area contributed by atoms with E-state index in [0.29, 0.717) is 32.1 Å². The number of rotatable bonds is 12. The molecule has 1 aromatic rings. The molecule has 0 radical (unpaired) electrons. The first-order valence-corrected chi connectivity index (χ1v) is 12.4. The van der Waals surface area contributed by atoms with E-state index in [0.717, 1.165) is 11.7 Å². The minimum absolute atomic E-state index is 0.0940. The second kappa shape index (κ2) is 14.1. The van der Waals surface area contributed by atoms with E-state index < -0.39 is 54.6 Å². The highest BCUT2D eigenvalue weighted by atomic mass is 35.5. The predicted octanol–water partition coefficient (Wildman–Crippen LogP) is 0.638. The van der Waals surface area contributed by atoms with Gasteiger partial charge in [0.2, 0.25) is 5.82 Å². The number of morpholine rings is 1. The molecule has 15 heteroatoms. The van der Waals surface area contributed by atoms with Crippen molar-refractivity contribution in [3.05, 3.63) is 0 Å². The minimum Gasteiger partial charge on any atom is -0.470 e. The van der Waals surface area contributed by atoms with Crippen LogP contribution in [-0.4, -0.2) is 108 Å². The summed E-state index contributed by atoms with van der Waals surface area (Å²) in [4.78, 5) is 51.0. The van der Waals surface area contributed by atoms with Gasteiger partial charge in [-0.25, -0.2) is 4.79 Å². The molecule has 1 saturated heterocycles. The Morgan fingerprint density at radius 3 is 2.42 bits per heavy atom. The van der Waals surface area contributed by atoms with Gasteiger partial charge in [-0.15, -0.1) is 16.0 Å². The van der Waals surface area contributed by atoms with Gasteiger partial charge in [0.15, 0.2) is 19.3 Å². The molecule has 0 aliphatic carbocycles. The fourth-order valence-electron chi connectivity index (χ4n) is 3.12. The van der Waals surface area contributed by atoms with Crippen LogP contribution in [0.4, 0.5) is 5.82 Å². The quantitative estimate of drug-likeness (QED) is 0.204. The molecule has 0 bridgehead atoms. The van der Waals surface area contributed by atoms with Crippen LogP contribution >= 0.6 is 23.3 Å². The fraction of sp³-hybridized carbons (Fsp3) is 0.714. The van der Waals surface area contributed by atoms with Crippen LogP contribution in [0.2, 0.25) is 0 Å². The van der Waals surface area contributed by atoms with Crippen molar-refractivity contribution in [1.29, 1.82) is 0 Å². The Kier molecular flexibility index (Phi) is 11.6. The topological polar surface area (TPSA) is 147 Å². The van der Waals surface area contributed by atoms with Crippen LogP contribution < -0.4 is 9.64 Å². The third kappa shape index (κ3) is 9.74. The van der Waals surface area contributed by atoms with E-state index >= 15 is 0 Å². The van der Waals surface area contributed by atoms with Crippen molar-refractivity contribution in [2.75, 3.05) is 63.4 Å². The van der Waals surface area contributed by atoms with Gasteiger partial charge in [0.25, 0.3) is 11.8 Å². The van der Waals surface area contributed by atoms with Crippen LogP contribution in [0.25, 0.3) is 0 Å². The lowest BCUT2D eigenvalue weighted by Gasteiger charge is -2.37.